The number of rotatable bonds is 0. The van der Waals surface area contributed by atoms with E-state index in [2.05, 4.69) is 42.0 Å². The molecule has 0 aromatic heterocycles. The lowest BCUT2D eigenvalue weighted by Gasteiger charge is -2.32. The summed E-state index contributed by atoms with van der Waals surface area (Å²) in [5, 5.41) is 14.0. The van der Waals surface area contributed by atoms with E-state index >= 15 is 0 Å². The summed E-state index contributed by atoms with van der Waals surface area (Å²) in [7, 11) is 0. The van der Waals surface area contributed by atoms with Crippen LogP contribution in [0.2, 0.25) is 0 Å². The molecule has 0 radical (unpaired) electrons. The summed E-state index contributed by atoms with van der Waals surface area (Å²) in [6.07, 6.45) is 0. The van der Waals surface area contributed by atoms with Crippen LogP contribution in [0.15, 0.2) is 0 Å². The molecule has 1 unspecified atom stereocenters. The van der Waals surface area contributed by atoms with E-state index in [-0.39, 0.29) is 0 Å². The van der Waals surface area contributed by atoms with Gasteiger partial charge in [-0.1, -0.05) is 34.6 Å². The maximum atomic E-state index is 3.63. The summed E-state index contributed by atoms with van der Waals surface area (Å²) in [5.41, 5.74) is 0.310. The van der Waals surface area contributed by atoms with Gasteiger partial charge in [0.05, 0.1) is 0 Å². The van der Waals surface area contributed by atoms with Gasteiger partial charge in [0.2, 0.25) is 0 Å². The molecule has 0 spiro atoms. The van der Waals surface area contributed by atoms with Crippen molar-refractivity contribution in [2.24, 2.45) is 5.41 Å². The van der Waals surface area contributed by atoms with Crippen molar-refractivity contribution < 1.29 is 0 Å². The molecule has 1 aliphatic heterocycles. The lowest BCUT2D eigenvalue weighted by molar-refractivity contribution is 0.259. The molecule has 18 heavy (non-hydrogen) atoms. The van der Waals surface area contributed by atoms with Crippen LogP contribution >= 0.6 is 0 Å². The molecule has 1 fully saturated rings. The molecule has 0 bridgehead atoms. The van der Waals surface area contributed by atoms with E-state index in [1.165, 1.54) is 0 Å². The van der Waals surface area contributed by atoms with E-state index in [9.17, 15) is 0 Å². The van der Waals surface area contributed by atoms with Crippen LogP contribution in [-0.4, -0.2) is 51.9 Å². The molecule has 0 aromatic rings. The first-order valence-electron chi connectivity index (χ1n) is 7.46. The van der Waals surface area contributed by atoms with E-state index in [0.29, 0.717) is 11.5 Å². The van der Waals surface area contributed by atoms with Crippen molar-refractivity contribution in [3.8, 4) is 0 Å². The highest BCUT2D eigenvalue weighted by molar-refractivity contribution is 4.82. The van der Waals surface area contributed by atoms with Gasteiger partial charge in [0.15, 0.2) is 0 Å². The van der Waals surface area contributed by atoms with Crippen LogP contribution in [0.4, 0.5) is 0 Å². The summed E-state index contributed by atoms with van der Waals surface area (Å²) in [6, 6.07) is 0.536. The van der Waals surface area contributed by atoms with Gasteiger partial charge in [-0.15, -0.1) is 0 Å². The average molecular weight is 258 g/mol. The van der Waals surface area contributed by atoms with Gasteiger partial charge < -0.3 is 21.3 Å². The largest absolute Gasteiger partial charge is 0.314 e. The maximum absolute atomic E-state index is 3.63. The zero-order valence-corrected chi connectivity index (χ0v) is 13.0. The Bertz CT molecular complexity index is 165. The molecule has 1 heterocycles. The Hall–Kier alpha value is -0.160. The summed E-state index contributed by atoms with van der Waals surface area (Å²) in [5.74, 6) is 0. The van der Waals surface area contributed by atoms with Crippen LogP contribution in [0.25, 0.3) is 0 Å². The average Bonchev–Trinajstić information content (AvgIpc) is 2.30. The van der Waals surface area contributed by atoms with Crippen LogP contribution in [0.3, 0.4) is 0 Å². The number of hydrogen-bond acceptors (Lipinski definition) is 4. The molecule has 1 atom stereocenters. The van der Waals surface area contributed by atoms with E-state index in [1.54, 1.807) is 0 Å². The summed E-state index contributed by atoms with van der Waals surface area (Å²) in [4.78, 5) is 0. The molecule has 1 aliphatic rings. The first kappa shape index (κ1) is 17.8. The highest BCUT2D eigenvalue weighted by atomic mass is 15.0. The topological polar surface area (TPSA) is 48.1 Å². The minimum atomic E-state index is 0.310. The van der Waals surface area contributed by atoms with Crippen molar-refractivity contribution in [1.29, 1.82) is 0 Å². The van der Waals surface area contributed by atoms with E-state index in [1.807, 2.05) is 13.8 Å². The Balaban J connectivity index is 0.00000137. The van der Waals surface area contributed by atoms with Crippen LogP contribution in [0.5, 0.6) is 0 Å². The Kier molecular flexibility index (Phi) is 10.6. The van der Waals surface area contributed by atoms with Crippen molar-refractivity contribution >= 4 is 0 Å². The van der Waals surface area contributed by atoms with Crippen LogP contribution in [0, 0.1) is 5.41 Å². The number of nitrogens with one attached hydrogen (secondary N) is 4. The van der Waals surface area contributed by atoms with Crippen LogP contribution in [-0.2, 0) is 0 Å². The first-order valence-corrected chi connectivity index (χ1v) is 7.46. The van der Waals surface area contributed by atoms with Crippen LogP contribution < -0.4 is 21.3 Å². The van der Waals surface area contributed by atoms with E-state index < -0.39 is 0 Å². The zero-order valence-electron chi connectivity index (χ0n) is 13.0. The Morgan fingerprint density at radius 1 is 0.722 bits per heavy atom. The van der Waals surface area contributed by atoms with Gasteiger partial charge in [-0.3, -0.25) is 0 Å². The predicted octanol–water partition coefficient (Wildman–Crippen LogP) is 0.799. The minimum Gasteiger partial charge on any atom is -0.314 e. The molecule has 4 N–H and O–H groups in total. The van der Waals surface area contributed by atoms with Crippen molar-refractivity contribution in [1.82, 2.24) is 21.3 Å². The van der Waals surface area contributed by atoms with Crippen LogP contribution in [0.1, 0.15) is 34.6 Å². The molecule has 4 heteroatoms. The van der Waals surface area contributed by atoms with Gasteiger partial charge in [0, 0.05) is 51.9 Å². The Labute approximate surface area is 114 Å². The second kappa shape index (κ2) is 10.7. The molecular formula is C14H34N4. The van der Waals surface area contributed by atoms with Crippen molar-refractivity contribution in [3.05, 3.63) is 0 Å². The summed E-state index contributed by atoms with van der Waals surface area (Å²) >= 11 is 0. The molecule has 1 saturated heterocycles. The standard InChI is InChI=1S/C12H28N4.C2H6/c1-12(2,3)11-10-15-7-6-13-4-5-14-8-9-16-11;1-2/h11,13-16H,4-10H2,1-3H3;1-2H3. The lowest BCUT2D eigenvalue weighted by atomic mass is 9.86. The molecule has 0 amide bonds. The number of hydrogen-bond donors (Lipinski definition) is 4. The maximum Gasteiger partial charge on any atom is 0.0241 e. The molecule has 0 aliphatic carbocycles. The highest BCUT2D eigenvalue weighted by Crippen LogP contribution is 2.18. The molecule has 0 aromatic carbocycles. The fourth-order valence-electron chi connectivity index (χ4n) is 1.87. The first-order chi connectivity index (χ1) is 8.61. The third-order valence-corrected chi connectivity index (χ3v) is 3.04. The molecule has 0 saturated carbocycles. The van der Waals surface area contributed by atoms with Gasteiger partial charge >= 0.3 is 0 Å². The second-order valence-electron chi connectivity index (χ2n) is 5.58. The second-order valence-corrected chi connectivity index (χ2v) is 5.58. The van der Waals surface area contributed by atoms with Crippen molar-refractivity contribution in [2.75, 3.05) is 45.8 Å². The molecule has 1 rings (SSSR count). The fourth-order valence-corrected chi connectivity index (χ4v) is 1.87. The lowest BCUT2D eigenvalue weighted by Crippen LogP contribution is -2.50. The smallest absolute Gasteiger partial charge is 0.0241 e. The van der Waals surface area contributed by atoms with Crippen molar-refractivity contribution in [2.45, 2.75) is 40.7 Å². The third kappa shape index (κ3) is 8.86. The molecular weight excluding hydrogens is 224 g/mol. The van der Waals surface area contributed by atoms with E-state index in [4.69, 9.17) is 0 Å². The molecule has 4 nitrogen and oxygen atoms in total. The van der Waals surface area contributed by atoms with Gasteiger partial charge in [-0.2, -0.15) is 0 Å². The van der Waals surface area contributed by atoms with E-state index in [0.717, 1.165) is 45.8 Å². The van der Waals surface area contributed by atoms with Gasteiger partial charge in [-0.25, -0.2) is 0 Å². The third-order valence-electron chi connectivity index (χ3n) is 3.04. The highest BCUT2D eigenvalue weighted by Gasteiger charge is 2.23. The summed E-state index contributed by atoms with van der Waals surface area (Å²) in [6.45, 7) is 18.2. The monoisotopic (exact) mass is 258 g/mol. The quantitative estimate of drug-likeness (QED) is 0.519. The summed E-state index contributed by atoms with van der Waals surface area (Å²) < 4.78 is 0. The van der Waals surface area contributed by atoms with Gasteiger partial charge in [0.25, 0.3) is 0 Å². The Morgan fingerprint density at radius 2 is 1.17 bits per heavy atom. The fraction of sp³-hybridized carbons (Fsp3) is 1.00. The minimum absolute atomic E-state index is 0.310. The van der Waals surface area contributed by atoms with Gasteiger partial charge in [0.1, 0.15) is 0 Å². The predicted molar refractivity (Wildman–Crippen MR) is 81.2 cm³/mol. The normalized spacial score (nSPS) is 24.2. The zero-order chi connectivity index (χ0) is 13.9. The Morgan fingerprint density at radius 3 is 1.67 bits per heavy atom. The van der Waals surface area contributed by atoms with Crippen molar-refractivity contribution in [3.63, 3.8) is 0 Å². The molecule has 110 valence electrons. The van der Waals surface area contributed by atoms with Gasteiger partial charge in [-0.05, 0) is 5.41 Å². The SMILES string of the molecule is CC.CC(C)(C)C1CNCCNCCNCCN1.